The number of hydrogen-bond acceptors (Lipinski definition) is 6. The van der Waals surface area contributed by atoms with Gasteiger partial charge in [-0.2, -0.15) is 0 Å². The van der Waals surface area contributed by atoms with Crippen LogP contribution in [0.1, 0.15) is 13.3 Å². The van der Waals surface area contributed by atoms with Crippen LogP contribution in [0, 0.1) is 0 Å². The van der Waals surface area contributed by atoms with E-state index in [9.17, 15) is 8.42 Å². The molecule has 3 rings (SSSR count). The number of nitrogens with zero attached hydrogens (tertiary/aromatic N) is 3. The van der Waals surface area contributed by atoms with Crippen molar-refractivity contribution in [3.8, 4) is 5.75 Å². The molecule has 27 heavy (non-hydrogen) atoms. The quantitative estimate of drug-likeness (QED) is 0.783. The molecule has 0 radical (unpaired) electrons. The highest BCUT2D eigenvalue weighted by molar-refractivity contribution is 7.92. The lowest BCUT2D eigenvalue weighted by Crippen LogP contribution is -2.46. The fourth-order valence-corrected chi connectivity index (χ4v) is 4.24. The van der Waals surface area contributed by atoms with Crippen LogP contribution in [-0.4, -0.2) is 52.4 Å². The summed E-state index contributed by atoms with van der Waals surface area (Å²) >= 11 is 0. The number of rotatable bonds is 7. The minimum absolute atomic E-state index is 0.113. The molecule has 0 bridgehead atoms. The lowest BCUT2D eigenvalue weighted by molar-refractivity contribution is 0.415. The predicted molar refractivity (Wildman–Crippen MR) is 109 cm³/mol. The van der Waals surface area contributed by atoms with Crippen molar-refractivity contribution in [2.75, 3.05) is 53.6 Å². The standard InChI is InChI=1S/C19H26N4O3S/c1-3-14-27(24,25)21-16-4-9-19(20-15-16)23-12-10-22(11-13-23)17-5-7-18(26-2)8-6-17/h4-9,15,21H,3,10-14H2,1-2H3. The van der Waals surface area contributed by atoms with Crippen molar-refractivity contribution in [2.45, 2.75) is 13.3 Å². The summed E-state index contributed by atoms with van der Waals surface area (Å²) in [5.41, 5.74) is 1.69. The van der Waals surface area contributed by atoms with Gasteiger partial charge in [0.15, 0.2) is 0 Å². The maximum atomic E-state index is 11.8. The first-order chi connectivity index (χ1) is 13.0. The number of nitrogens with one attached hydrogen (secondary N) is 1. The highest BCUT2D eigenvalue weighted by Crippen LogP contribution is 2.22. The van der Waals surface area contributed by atoms with Gasteiger partial charge in [-0.3, -0.25) is 4.72 Å². The van der Waals surface area contributed by atoms with Crippen LogP contribution in [0.25, 0.3) is 0 Å². The Balaban J connectivity index is 1.57. The number of anilines is 3. The van der Waals surface area contributed by atoms with Crippen LogP contribution in [0.3, 0.4) is 0 Å². The van der Waals surface area contributed by atoms with E-state index >= 15 is 0 Å². The molecule has 0 atom stereocenters. The number of ether oxygens (including phenoxy) is 1. The molecule has 0 aliphatic carbocycles. The Bertz CT molecular complexity index is 830. The van der Waals surface area contributed by atoms with Gasteiger partial charge in [-0.1, -0.05) is 6.92 Å². The van der Waals surface area contributed by atoms with Crippen LogP contribution < -0.4 is 19.3 Å². The maximum absolute atomic E-state index is 11.8. The Morgan fingerprint density at radius 3 is 2.26 bits per heavy atom. The van der Waals surface area contributed by atoms with E-state index in [1.54, 1.807) is 19.4 Å². The second kappa shape index (κ2) is 8.47. The highest BCUT2D eigenvalue weighted by atomic mass is 32.2. The van der Waals surface area contributed by atoms with E-state index in [1.807, 2.05) is 25.1 Å². The molecule has 1 saturated heterocycles. The second-order valence-corrected chi connectivity index (χ2v) is 8.34. The molecule has 1 fully saturated rings. The van der Waals surface area contributed by atoms with Gasteiger partial charge in [0.1, 0.15) is 11.6 Å². The molecule has 1 N–H and O–H groups in total. The van der Waals surface area contributed by atoms with Gasteiger partial charge in [0.2, 0.25) is 10.0 Å². The van der Waals surface area contributed by atoms with Crippen molar-refractivity contribution in [1.82, 2.24) is 4.98 Å². The molecule has 0 spiro atoms. The molecule has 8 heteroatoms. The van der Waals surface area contributed by atoms with E-state index in [4.69, 9.17) is 4.74 Å². The molecular weight excluding hydrogens is 364 g/mol. The molecule has 0 saturated carbocycles. The average Bonchev–Trinajstić information content (AvgIpc) is 2.68. The number of piperazine rings is 1. The lowest BCUT2D eigenvalue weighted by Gasteiger charge is -2.36. The van der Waals surface area contributed by atoms with Gasteiger partial charge in [0, 0.05) is 31.9 Å². The molecule has 1 aromatic heterocycles. The summed E-state index contributed by atoms with van der Waals surface area (Å²) in [6, 6.07) is 11.7. The number of pyridine rings is 1. The van der Waals surface area contributed by atoms with E-state index in [1.165, 1.54) is 5.69 Å². The van der Waals surface area contributed by atoms with Gasteiger partial charge in [0.25, 0.3) is 0 Å². The van der Waals surface area contributed by atoms with E-state index < -0.39 is 10.0 Å². The summed E-state index contributed by atoms with van der Waals surface area (Å²) in [5.74, 6) is 1.83. The van der Waals surface area contributed by atoms with Crippen LogP contribution in [0.4, 0.5) is 17.2 Å². The summed E-state index contributed by atoms with van der Waals surface area (Å²) in [6.45, 7) is 5.36. The summed E-state index contributed by atoms with van der Waals surface area (Å²) < 4.78 is 31.4. The number of methoxy groups -OCH3 is 1. The molecule has 1 aliphatic rings. The third kappa shape index (κ3) is 5.03. The third-order valence-corrected chi connectivity index (χ3v) is 6.03. The second-order valence-electron chi connectivity index (χ2n) is 6.50. The highest BCUT2D eigenvalue weighted by Gasteiger charge is 2.18. The van der Waals surface area contributed by atoms with Crippen molar-refractivity contribution in [2.24, 2.45) is 0 Å². The summed E-state index contributed by atoms with van der Waals surface area (Å²) in [4.78, 5) is 8.98. The minimum Gasteiger partial charge on any atom is -0.497 e. The number of hydrogen-bond donors (Lipinski definition) is 1. The zero-order chi connectivity index (χ0) is 19.3. The van der Waals surface area contributed by atoms with Gasteiger partial charge in [0.05, 0.1) is 24.7 Å². The first-order valence-electron chi connectivity index (χ1n) is 9.11. The maximum Gasteiger partial charge on any atom is 0.232 e. The summed E-state index contributed by atoms with van der Waals surface area (Å²) in [5, 5.41) is 0. The zero-order valence-corrected chi connectivity index (χ0v) is 16.6. The van der Waals surface area contributed by atoms with E-state index in [0.717, 1.165) is 37.7 Å². The lowest BCUT2D eigenvalue weighted by atomic mass is 10.2. The van der Waals surface area contributed by atoms with Gasteiger partial charge in [-0.05, 0) is 42.8 Å². The Hall–Kier alpha value is -2.48. The molecule has 2 aromatic rings. The number of sulfonamides is 1. The molecule has 2 heterocycles. The third-order valence-electron chi connectivity index (χ3n) is 4.54. The smallest absolute Gasteiger partial charge is 0.232 e. The van der Waals surface area contributed by atoms with Crippen LogP contribution in [0.5, 0.6) is 5.75 Å². The Morgan fingerprint density at radius 2 is 1.70 bits per heavy atom. The van der Waals surface area contributed by atoms with Crippen LogP contribution in [0.15, 0.2) is 42.6 Å². The molecule has 7 nitrogen and oxygen atoms in total. The van der Waals surface area contributed by atoms with Crippen molar-refractivity contribution < 1.29 is 13.2 Å². The Labute approximate surface area is 161 Å². The van der Waals surface area contributed by atoms with Crippen LogP contribution in [-0.2, 0) is 10.0 Å². The van der Waals surface area contributed by atoms with Gasteiger partial charge in [-0.25, -0.2) is 13.4 Å². The predicted octanol–water partition coefficient (Wildman–Crippen LogP) is 2.57. The molecule has 1 aliphatic heterocycles. The number of benzene rings is 1. The molecule has 146 valence electrons. The van der Waals surface area contributed by atoms with Crippen molar-refractivity contribution in [3.63, 3.8) is 0 Å². The van der Waals surface area contributed by atoms with E-state index in [0.29, 0.717) is 12.1 Å². The summed E-state index contributed by atoms with van der Waals surface area (Å²) in [7, 11) is -1.62. The van der Waals surface area contributed by atoms with Gasteiger partial charge in [-0.15, -0.1) is 0 Å². The first kappa shape index (κ1) is 19.3. The first-order valence-corrected chi connectivity index (χ1v) is 10.8. The van der Waals surface area contributed by atoms with Crippen LogP contribution >= 0.6 is 0 Å². The average molecular weight is 391 g/mol. The van der Waals surface area contributed by atoms with E-state index in [-0.39, 0.29) is 5.75 Å². The van der Waals surface area contributed by atoms with Crippen molar-refractivity contribution >= 4 is 27.2 Å². The molecule has 0 amide bonds. The Kier molecular flexibility index (Phi) is 6.05. The van der Waals surface area contributed by atoms with Crippen molar-refractivity contribution in [3.05, 3.63) is 42.6 Å². The largest absolute Gasteiger partial charge is 0.497 e. The van der Waals surface area contributed by atoms with Gasteiger partial charge >= 0.3 is 0 Å². The summed E-state index contributed by atoms with van der Waals surface area (Å²) in [6.07, 6.45) is 2.16. The molecular formula is C19H26N4O3S. The SMILES string of the molecule is CCCS(=O)(=O)Nc1ccc(N2CCN(c3ccc(OC)cc3)CC2)nc1. The normalized spacial score (nSPS) is 14.9. The van der Waals surface area contributed by atoms with Crippen molar-refractivity contribution in [1.29, 1.82) is 0 Å². The number of aromatic nitrogens is 1. The molecule has 1 aromatic carbocycles. The van der Waals surface area contributed by atoms with Gasteiger partial charge < -0.3 is 14.5 Å². The van der Waals surface area contributed by atoms with E-state index in [2.05, 4.69) is 31.6 Å². The minimum atomic E-state index is -3.28. The Morgan fingerprint density at radius 1 is 1.04 bits per heavy atom. The molecule has 0 unspecified atom stereocenters. The monoisotopic (exact) mass is 390 g/mol. The fraction of sp³-hybridized carbons (Fsp3) is 0.421. The fourth-order valence-electron chi connectivity index (χ4n) is 3.12. The zero-order valence-electron chi connectivity index (χ0n) is 15.8. The van der Waals surface area contributed by atoms with Crippen LogP contribution in [0.2, 0.25) is 0 Å². The topological polar surface area (TPSA) is 74.8 Å².